The number of nitrogens with zero attached hydrogens (tertiary/aromatic N) is 1. The first kappa shape index (κ1) is 16.2. The van der Waals surface area contributed by atoms with Gasteiger partial charge in [-0.1, -0.05) is 38.1 Å². The fourth-order valence-corrected chi connectivity index (χ4v) is 2.18. The molecule has 0 heterocycles. The molecule has 108 valence electrons. The largest absolute Gasteiger partial charge is 0.313 e. The van der Waals surface area contributed by atoms with Crippen molar-refractivity contribution < 1.29 is 0 Å². The standard InChI is InChI=1S/C17H30N2/c1-15(2)13-16-7-9-17(10-8-16)14-18-11-5-6-12-19(3)4/h7-10,15,18H,5-6,11-14H2,1-4H3. The first-order valence-corrected chi connectivity index (χ1v) is 7.51. The maximum atomic E-state index is 3.52. The molecule has 0 spiro atoms. The van der Waals surface area contributed by atoms with Crippen LogP contribution in [0.1, 0.15) is 37.8 Å². The summed E-state index contributed by atoms with van der Waals surface area (Å²) in [5, 5.41) is 3.52. The van der Waals surface area contributed by atoms with Crippen LogP contribution in [0.5, 0.6) is 0 Å². The SMILES string of the molecule is CC(C)Cc1ccc(CNCCCCN(C)C)cc1. The van der Waals surface area contributed by atoms with Crippen molar-refractivity contribution in [3.05, 3.63) is 35.4 Å². The maximum Gasteiger partial charge on any atom is 0.0205 e. The van der Waals surface area contributed by atoms with Gasteiger partial charge in [-0.05, 0) is 63.5 Å². The van der Waals surface area contributed by atoms with E-state index in [-0.39, 0.29) is 0 Å². The van der Waals surface area contributed by atoms with Gasteiger partial charge in [0.05, 0.1) is 0 Å². The molecule has 0 radical (unpaired) electrons. The van der Waals surface area contributed by atoms with Crippen molar-refractivity contribution in [3.63, 3.8) is 0 Å². The third-order valence-corrected chi connectivity index (χ3v) is 3.20. The van der Waals surface area contributed by atoms with E-state index in [1.807, 2.05) is 0 Å². The van der Waals surface area contributed by atoms with Crippen molar-refractivity contribution >= 4 is 0 Å². The van der Waals surface area contributed by atoms with Gasteiger partial charge in [-0.25, -0.2) is 0 Å². The van der Waals surface area contributed by atoms with Crippen LogP contribution in [-0.4, -0.2) is 32.1 Å². The van der Waals surface area contributed by atoms with Gasteiger partial charge in [-0.2, -0.15) is 0 Å². The Morgan fingerprint density at radius 2 is 1.63 bits per heavy atom. The highest BCUT2D eigenvalue weighted by atomic mass is 15.0. The Bertz CT molecular complexity index is 328. The monoisotopic (exact) mass is 262 g/mol. The molecule has 0 unspecified atom stereocenters. The van der Waals surface area contributed by atoms with Crippen LogP contribution in [0, 0.1) is 5.92 Å². The van der Waals surface area contributed by atoms with Crippen molar-refractivity contribution in [2.24, 2.45) is 5.92 Å². The molecule has 0 aromatic heterocycles. The molecular formula is C17H30N2. The highest BCUT2D eigenvalue weighted by molar-refractivity contribution is 5.22. The first-order valence-electron chi connectivity index (χ1n) is 7.51. The van der Waals surface area contributed by atoms with Crippen LogP contribution in [0.2, 0.25) is 0 Å². The smallest absolute Gasteiger partial charge is 0.0205 e. The Labute approximate surface area is 119 Å². The molecule has 0 amide bonds. The zero-order chi connectivity index (χ0) is 14.1. The Morgan fingerprint density at radius 3 is 2.21 bits per heavy atom. The average molecular weight is 262 g/mol. The lowest BCUT2D eigenvalue weighted by molar-refractivity contribution is 0.391. The topological polar surface area (TPSA) is 15.3 Å². The minimum absolute atomic E-state index is 0.737. The predicted octanol–water partition coefficient (Wildman–Crippen LogP) is 3.32. The van der Waals surface area contributed by atoms with Crippen LogP contribution in [0.4, 0.5) is 0 Å². The summed E-state index contributed by atoms with van der Waals surface area (Å²) in [6.45, 7) is 7.82. The number of rotatable bonds is 9. The number of benzene rings is 1. The molecule has 1 aromatic rings. The molecule has 0 fully saturated rings. The molecule has 0 aliphatic heterocycles. The molecule has 0 aliphatic carbocycles. The number of unbranched alkanes of at least 4 members (excludes halogenated alkanes) is 1. The Hall–Kier alpha value is -0.860. The lowest BCUT2D eigenvalue weighted by Crippen LogP contribution is -2.18. The van der Waals surface area contributed by atoms with Crippen LogP contribution >= 0.6 is 0 Å². The van der Waals surface area contributed by atoms with Crippen molar-refractivity contribution in [2.75, 3.05) is 27.2 Å². The normalized spacial score (nSPS) is 11.5. The third-order valence-electron chi connectivity index (χ3n) is 3.20. The fraction of sp³-hybridized carbons (Fsp3) is 0.647. The fourth-order valence-electron chi connectivity index (χ4n) is 2.18. The van der Waals surface area contributed by atoms with Gasteiger partial charge >= 0.3 is 0 Å². The zero-order valence-electron chi connectivity index (χ0n) is 13.1. The minimum Gasteiger partial charge on any atom is -0.313 e. The summed E-state index contributed by atoms with van der Waals surface area (Å²) in [6.07, 6.45) is 3.70. The number of hydrogen-bond donors (Lipinski definition) is 1. The predicted molar refractivity (Wildman–Crippen MR) is 84.5 cm³/mol. The van der Waals surface area contributed by atoms with Crippen LogP contribution in [0.15, 0.2) is 24.3 Å². The highest BCUT2D eigenvalue weighted by Gasteiger charge is 1.98. The second kappa shape index (κ2) is 9.11. The van der Waals surface area contributed by atoms with E-state index < -0.39 is 0 Å². The summed E-state index contributed by atoms with van der Waals surface area (Å²) in [4.78, 5) is 2.24. The minimum atomic E-state index is 0.737. The molecule has 19 heavy (non-hydrogen) atoms. The van der Waals surface area contributed by atoms with Crippen molar-refractivity contribution in [1.29, 1.82) is 0 Å². The quantitative estimate of drug-likeness (QED) is 0.687. The van der Waals surface area contributed by atoms with Crippen LogP contribution in [0.25, 0.3) is 0 Å². The summed E-state index contributed by atoms with van der Waals surface area (Å²) in [7, 11) is 4.26. The van der Waals surface area contributed by atoms with E-state index in [9.17, 15) is 0 Å². The molecular weight excluding hydrogens is 232 g/mol. The molecule has 0 bridgehead atoms. The third kappa shape index (κ3) is 8.02. The van der Waals surface area contributed by atoms with Gasteiger partial charge in [0.15, 0.2) is 0 Å². The number of hydrogen-bond acceptors (Lipinski definition) is 2. The van der Waals surface area contributed by atoms with E-state index in [4.69, 9.17) is 0 Å². The summed E-state index contributed by atoms with van der Waals surface area (Å²) in [5.41, 5.74) is 2.84. The van der Waals surface area contributed by atoms with Gasteiger partial charge in [0.2, 0.25) is 0 Å². The molecule has 1 aromatic carbocycles. The van der Waals surface area contributed by atoms with E-state index in [2.05, 4.69) is 62.4 Å². The van der Waals surface area contributed by atoms with Gasteiger partial charge in [0.1, 0.15) is 0 Å². The Morgan fingerprint density at radius 1 is 1.00 bits per heavy atom. The highest BCUT2D eigenvalue weighted by Crippen LogP contribution is 2.09. The molecule has 0 atom stereocenters. The average Bonchev–Trinajstić information content (AvgIpc) is 2.34. The maximum absolute atomic E-state index is 3.52. The van der Waals surface area contributed by atoms with E-state index in [1.54, 1.807) is 0 Å². The second-order valence-corrected chi connectivity index (χ2v) is 6.10. The van der Waals surface area contributed by atoms with Gasteiger partial charge in [-0.3, -0.25) is 0 Å². The van der Waals surface area contributed by atoms with Gasteiger partial charge < -0.3 is 10.2 Å². The second-order valence-electron chi connectivity index (χ2n) is 6.10. The van der Waals surface area contributed by atoms with E-state index in [0.717, 1.165) is 19.0 Å². The van der Waals surface area contributed by atoms with Crippen molar-refractivity contribution in [2.45, 2.75) is 39.7 Å². The van der Waals surface area contributed by atoms with Gasteiger partial charge in [-0.15, -0.1) is 0 Å². The molecule has 0 aliphatic rings. The Balaban J connectivity index is 2.16. The Kier molecular flexibility index (Phi) is 7.76. The lowest BCUT2D eigenvalue weighted by atomic mass is 10.0. The zero-order valence-corrected chi connectivity index (χ0v) is 13.1. The van der Waals surface area contributed by atoms with Crippen LogP contribution < -0.4 is 5.32 Å². The van der Waals surface area contributed by atoms with Crippen molar-refractivity contribution in [3.8, 4) is 0 Å². The molecule has 2 heteroatoms. The van der Waals surface area contributed by atoms with E-state index in [1.165, 1.54) is 36.9 Å². The van der Waals surface area contributed by atoms with Gasteiger partial charge in [0.25, 0.3) is 0 Å². The summed E-state index contributed by atoms with van der Waals surface area (Å²) in [6, 6.07) is 9.04. The van der Waals surface area contributed by atoms with Crippen molar-refractivity contribution in [1.82, 2.24) is 10.2 Å². The molecule has 0 saturated heterocycles. The first-order chi connectivity index (χ1) is 9.08. The summed E-state index contributed by atoms with van der Waals surface area (Å²) < 4.78 is 0. The summed E-state index contributed by atoms with van der Waals surface area (Å²) in [5.74, 6) is 0.737. The molecule has 0 saturated carbocycles. The van der Waals surface area contributed by atoms with Crippen LogP contribution in [0.3, 0.4) is 0 Å². The van der Waals surface area contributed by atoms with Gasteiger partial charge in [0, 0.05) is 6.54 Å². The van der Waals surface area contributed by atoms with E-state index in [0.29, 0.717) is 0 Å². The van der Waals surface area contributed by atoms with Crippen LogP contribution in [-0.2, 0) is 13.0 Å². The molecule has 2 nitrogen and oxygen atoms in total. The lowest BCUT2D eigenvalue weighted by Gasteiger charge is -2.10. The summed E-state index contributed by atoms with van der Waals surface area (Å²) >= 11 is 0. The van der Waals surface area contributed by atoms with E-state index >= 15 is 0 Å². The molecule has 1 N–H and O–H groups in total. The molecule has 1 rings (SSSR count). The number of nitrogens with one attached hydrogen (secondary N) is 1.